The van der Waals surface area contributed by atoms with Gasteiger partial charge >= 0.3 is 6.18 Å². The summed E-state index contributed by atoms with van der Waals surface area (Å²) in [5, 5.41) is 6.77. The summed E-state index contributed by atoms with van der Waals surface area (Å²) < 4.78 is 38.2. The molecule has 0 bridgehead atoms. The SMILES string of the molecule is CCN=C(NC1CC1)NC1CCN(c2ncc(C(F)(F)F)cc2Cl)C1.I. The molecule has 1 aliphatic heterocycles. The molecule has 2 fully saturated rings. The molecule has 1 aromatic rings. The van der Waals surface area contributed by atoms with Gasteiger partial charge in [-0.1, -0.05) is 11.6 Å². The second-order valence-corrected chi connectivity index (χ2v) is 6.75. The van der Waals surface area contributed by atoms with Crippen molar-refractivity contribution in [2.24, 2.45) is 4.99 Å². The Hall–Kier alpha value is -0.970. The van der Waals surface area contributed by atoms with E-state index in [1.807, 2.05) is 11.8 Å². The molecule has 1 saturated carbocycles. The van der Waals surface area contributed by atoms with Crippen molar-refractivity contribution < 1.29 is 13.2 Å². The van der Waals surface area contributed by atoms with Crippen LogP contribution in [0.3, 0.4) is 0 Å². The van der Waals surface area contributed by atoms with Crippen LogP contribution in [0.1, 0.15) is 31.7 Å². The van der Waals surface area contributed by atoms with Crippen LogP contribution < -0.4 is 15.5 Å². The number of anilines is 1. The summed E-state index contributed by atoms with van der Waals surface area (Å²) in [4.78, 5) is 10.3. The van der Waals surface area contributed by atoms with E-state index in [1.54, 1.807) is 0 Å². The molecule has 2 heterocycles. The summed E-state index contributed by atoms with van der Waals surface area (Å²) in [6.07, 6.45) is -0.447. The van der Waals surface area contributed by atoms with Gasteiger partial charge in [0.15, 0.2) is 5.96 Å². The monoisotopic (exact) mass is 503 g/mol. The van der Waals surface area contributed by atoms with Crippen LogP contribution in [-0.4, -0.2) is 42.7 Å². The molecule has 1 saturated heterocycles. The van der Waals surface area contributed by atoms with E-state index in [1.165, 1.54) is 0 Å². The highest BCUT2D eigenvalue weighted by Crippen LogP contribution is 2.34. The van der Waals surface area contributed by atoms with E-state index in [4.69, 9.17) is 11.6 Å². The van der Waals surface area contributed by atoms with Crippen LogP contribution in [0, 0.1) is 0 Å². The zero-order chi connectivity index (χ0) is 18.0. The number of pyridine rings is 1. The molecule has 3 rings (SSSR count). The fraction of sp³-hybridized carbons (Fsp3) is 0.625. The Morgan fingerprint density at radius 1 is 1.31 bits per heavy atom. The third-order valence-electron chi connectivity index (χ3n) is 4.21. The van der Waals surface area contributed by atoms with Gasteiger partial charge < -0.3 is 15.5 Å². The Labute approximate surface area is 172 Å². The van der Waals surface area contributed by atoms with Crippen LogP contribution in [0.15, 0.2) is 17.3 Å². The highest BCUT2D eigenvalue weighted by atomic mass is 127. The van der Waals surface area contributed by atoms with Crippen molar-refractivity contribution in [3.63, 3.8) is 0 Å². The molecular formula is C16H22ClF3IN5. The number of aliphatic imine (C=N–C) groups is 1. The lowest BCUT2D eigenvalue weighted by atomic mass is 10.2. The smallest absolute Gasteiger partial charge is 0.354 e. The van der Waals surface area contributed by atoms with Crippen molar-refractivity contribution >= 4 is 47.4 Å². The van der Waals surface area contributed by atoms with Gasteiger partial charge in [0.2, 0.25) is 0 Å². The van der Waals surface area contributed by atoms with Crippen LogP contribution >= 0.6 is 35.6 Å². The first-order valence-corrected chi connectivity index (χ1v) is 8.80. The van der Waals surface area contributed by atoms with Crippen LogP contribution in [0.25, 0.3) is 0 Å². The molecule has 5 nitrogen and oxygen atoms in total. The number of rotatable bonds is 4. The predicted molar refractivity (Wildman–Crippen MR) is 108 cm³/mol. The molecule has 0 aromatic carbocycles. The quantitative estimate of drug-likeness (QED) is 0.374. The van der Waals surface area contributed by atoms with Gasteiger partial charge in [0.1, 0.15) is 5.82 Å². The van der Waals surface area contributed by atoms with Gasteiger partial charge in [-0.05, 0) is 32.3 Å². The van der Waals surface area contributed by atoms with Gasteiger partial charge in [-0.2, -0.15) is 13.2 Å². The number of nitrogens with one attached hydrogen (secondary N) is 2. The highest BCUT2D eigenvalue weighted by Gasteiger charge is 2.33. The maximum atomic E-state index is 12.7. The summed E-state index contributed by atoms with van der Waals surface area (Å²) in [6.45, 7) is 3.96. The number of halogens is 5. The Morgan fingerprint density at radius 3 is 2.58 bits per heavy atom. The van der Waals surface area contributed by atoms with Crippen LogP contribution in [0.4, 0.5) is 19.0 Å². The zero-order valence-corrected chi connectivity index (χ0v) is 17.4. The molecule has 1 unspecified atom stereocenters. The van der Waals surface area contributed by atoms with Gasteiger partial charge in [0, 0.05) is 37.9 Å². The third-order valence-corrected chi connectivity index (χ3v) is 4.49. The van der Waals surface area contributed by atoms with E-state index in [2.05, 4.69) is 20.6 Å². The van der Waals surface area contributed by atoms with Crippen LogP contribution in [-0.2, 0) is 6.18 Å². The standard InChI is InChI=1S/C16H21ClF3N5.HI/c1-2-21-15(23-11-3-4-11)24-12-5-6-25(9-12)14-13(17)7-10(8-22-14)16(18,19)20;/h7-8,11-12H,2-6,9H2,1H3,(H2,21,23,24);1H. The largest absolute Gasteiger partial charge is 0.417 e. The molecule has 10 heteroatoms. The van der Waals surface area contributed by atoms with Gasteiger partial charge in [-0.3, -0.25) is 4.99 Å². The topological polar surface area (TPSA) is 52.6 Å². The van der Waals surface area contributed by atoms with Crippen molar-refractivity contribution in [3.05, 3.63) is 22.8 Å². The molecule has 2 aliphatic rings. The maximum absolute atomic E-state index is 12.7. The number of alkyl halides is 3. The summed E-state index contributed by atoms with van der Waals surface area (Å²) in [7, 11) is 0. The molecule has 1 aliphatic carbocycles. The first-order chi connectivity index (χ1) is 11.9. The lowest BCUT2D eigenvalue weighted by molar-refractivity contribution is -0.137. The highest BCUT2D eigenvalue weighted by molar-refractivity contribution is 14.0. The average molecular weight is 504 g/mol. The van der Waals surface area contributed by atoms with E-state index in [0.717, 1.165) is 37.5 Å². The number of guanidine groups is 1. The Balaban J connectivity index is 0.00000243. The van der Waals surface area contributed by atoms with E-state index < -0.39 is 11.7 Å². The molecular weight excluding hydrogens is 482 g/mol. The van der Waals surface area contributed by atoms with Gasteiger partial charge in [-0.25, -0.2) is 4.98 Å². The number of aromatic nitrogens is 1. The molecule has 1 atom stereocenters. The predicted octanol–water partition coefficient (Wildman–Crippen LogP) is 3.67. The molecule has 0 spiro atoms. The minimum Gasteiger partial charge on any atom is -0.354 e. The maximum Gasteiger partial charge on any atom is 0.417 e. The Morgan fingerprint density at radius 2 is 2.00 bits per heavy atom. The van der Waals surface area contributed by atoms with Crippen molar-refractivity contribution in [1.29, 1.82) is 0 Å². The molecule has 2 N–H and O–H groups in total. The molecule has 0 radical (unpaired) electrons. The van der Waals surface area contributed by atoms with E-state index in [-0.39, 0.29) is 35.0 Å². The Bertz CT molecular complexity index is 651. The first kappa shape index (κ1) is 21.3. The lowest BCUT2D eigenvalue weighted by Crippen LogP contribution is -2.45. The third kappa shape index (κ3) is 5.51. The minimum absolute atomic E-state index is 0. The first-order valence-electron chi connectivity index (χ1n) is 8.42. The lowest BCUT2D eigenvalue weighted by Gasteiger charge is -2.21. The summed E-state index contributed by atoms with van der Waals surface area (Å²) in [5.74, 6) is 1.19. The van der Waals surface area contributed by atoms with Crippen molar-refractivity contribution in [1.82, 2.24) is 15.6 Å². The van der Waals surface area contributed by atoms with E-state index >= 15 is 0 Å². The van der Waals surface area contributed by atoms with Crippen molar-refractivity contribution in [2.75, 3.05) is 24.5 Å². The molecule has 26 heavy (non-hydrogen) atoms. The van der Waals surface area contributed by atoms with Crippen molar-refractivity contribution in [3.8, 4) is 0 Å². The molecule has 0 amide bonds. The van der Waals surface area contributed by atoms with Crippen LogP contribution in [0.5, 0.6) is 0 Å². The average Bonchev–Trinajstić information content (AvgIpc) is 3.23. The van der Waals surface area contributed by atoms with E-state index in [0.29, 0.717) is 31.5 Å². The summed E-state index contributed by atoms with van der Waals surface area (Å²) >= 11 is 6.04. The minimum atomic E-state index is -4.44. The van der Waals surface area contributed by atoms with Crippen molar-refractivity contribution in [2.45, 2.75) is 44.4 Å². The fourth-order valence-corrected chi connectivity index (χ4v) is 3.08. The van der Waals surface area contributed by atoms with Gasteiger partial charge in [0.05, 0.1) is 10.6 Å². The normalized spacial score (nSPS) is 20.7. The molecule has 146 valence electrons. The van der Waals surface area contributed by atoms with Gasteiger partial charge in [-0.15, -0.1) is 24.0 Å². The molecule has 1 aromatic heterocycles. The Kier molecular flexibility index (Phi) is 7.23. The number of hydrogen-bond acceptors (Lipinski definition) is 3. The summed E-state index contributed by atoms with van der Waals surface area (Å²) in [5.41, 5.74) is -0.832. The second-order valence-electron chi connectivity index (χ2n) is 6.34. The van der Waals surface area contributed by atoms with Gasteiger partial charge in [0.25, 0.3) is 0 Å². The summed E-state index contributed by atoms with van der Waals surface area (Å²) in [6, 6.07) is 1.58. The zero-order valence-electron chi connectivity index (χ0n) is 14.3. The number of nitrogens with zero attached hydrogens (tertiary/aromatic N) is 3. The van der Waals surface area contributed by atoms with Crippen LogP contribution in [0.2, 0.25) is 5.02 Å². The fourth-order valence-electron chi connectivity index (χ4n) is 2.79. The van der Waals surface area contributed by atoms with E-state index in [9.17, 15) is 13.2 Å². The number of hydrogen-bond donors (Lipinski definition) is 2. The second kappa shape index (κ2) is 8.81.